The van der Waals surface area contributed by atoms with Gasteiger partial charge in [-0.1, -0.05) is 48.5 Å². The molecular weight excluding hydrogens is 796 g/mol. The van der Waals surface area contributed by atoms with E-state index in [9.17, 15) is 19.2 Å². The summed E-state index contributed by atoms with van der Waals surface area (Å²) in [6.45, 7) is 11.4. The predicted molar refractivity (Wildman–Crippen MR) is 242 cm³/mol. The summed E-state index contributed by atoms with van der Waals surface area (Å²) in [5, 5.41) is 8.36. The van der Waals surface area contributed by atoms with Crippen molar-refractivity contribution in [3.63, 3.8) is 0 Å². The Labute approximate surface area is 359 Å². The van der Waals surface area contributed by atoms with Crippen LogP contribution in [-0.2, 0) is 0 Å². The summed E-state index contributed by atoms with van der Waals surface area (Å²) >= 11 is 4.95. The number of benzene rings is 4. The van der Waals surface area contributed by atoms with Gasteiger partial charge in [-0.2, -0.15) is 0 Å². The van der Waals surface area contributed by atoms with E-state index in [0.29, 0.717) is 34.0 Å². The fourth-order valence-corrected chi connectivity index (χ4v) is 5.77. The number of halogens is 1. The first-order valence-corrected chi connectivity index (χ1v) is 19.4. The molecule has 0 saturated carbocycles. The number of aryl methyl sites for hydroxylation is 2. The molecular formula is C46H49ClN8O6. The van der Waals surface area contributed by atoms with Gasteiger partial charge in [-0.25, -0.2) is 19.6 Å². The zero-order chi connectivity index (χ0) is 44.6. The van der Waals surface area contributed by atoms with Gasteiger partial charge in [-0.05, 0) is 124 Å². The second kappa shape index (κ2) is 22.1. The van der Waals surface area contributed by atoms with Crippen molar-refractivity contribution in [3.05, 3.63) is 144 Å². The maximum atomic E-state index is 12.4. The summed E-state index contributed by atoms with van der Waals surface area (Å²) in [6, 6.07) is 32.1. The average Bonchev–Trinajstić information content (AvgIpc) is 3.19. The smallest absolute Gasteiger partial charge is 0.415 e. The van der Waals surface area contributed by atoms with Gasteiger partial charge in [0.25, 0.3) is 11.8 Å². The van der Waals surface area contributed by atoms with Crippen molar-refractivity contribution in [1.29, 1.82) is 0 Å². The number of ether oxygens (including phenoxy) is 2. The van der Waals surface area contributed by atoms with Crippen molar-refractivity contribution in [2.45, 2.75) is 53.6 Å². The molecule has 14 nitrogen and oxygen atoms in total. The number of nitrogens with one attached hydrogen (secondary N) is 3. The van der Waals surface area contributed by atoms with Crippen LogP contribution in [-0.4, -0.2) is 45.4 Å². The Morgan fingerprint density at radius 2 is 1.03 bits per heavy atom. The van der Waals surface area contributed by atoms with Crippen LogP contribution in [0.3, 0.4) is 0 Å². The van der Waals surface area contributed by atoms with Crippen LogP contribution in [0.4, 0.5) is 32.6 Å². The molecule has 0 unspecified atom stereocenters. The molecule has 0 atom stereocenters. The van der Waals surface area contributed by atoms with Crippen molar-refractivity contribution in [1.82, 2.24) is 20.6 Å². The quantitative estimate of drug-likeness (QED) is 0.0594. The molecule has 61 heavy (non-hydrogen) atoms. The van der Waals surface area contributed by atoms with Gasteiger partial charge >= 0.3 is 11.5 Å². The highest BCUT2D eigenvalue weighted by atomic mass is 35.5. The number of hydrogen-bond donors (Lipinski definition) is 6. The van der Waals surface area contributed by atoms with Crippen LogP contribution in [0.15, 0.2) is 122 Å². The molecule has 316 valence electrons. The Balaban J connectivity index is 0.000000228. The van der Waals surface area contributed by atoms with Crippen molar-refractivity contribution in [2.24, 2.45) is 0 Å². The molecule has 0 saturated heterocycles. The number of carbonyl (C=O) groups is 4. The number of amides is 3. The van der Waals surface area contributed by atoms with E-state index in [0.717, 1.165) is 33.4 Å². The molecule has 3 amide bonds. The van der Waals surface area contributed by atoms with E-state index in [4.69, 9.17) is 33.5 Å². The number of nitrogens with two attached hydrogens (primary N) is 3. The zero-order valence-electron chi connectivity index (χ0n) is 34.7. The number of pyridine rings is 2. The Morgan fingerprint density at radius 1 is 0.590 bits per heavy atom. The van der Waals surface area contributed by atoms with Gasteiger partial charge < -0.3 is 37.3 Å². The fourth-order valence-electron chi connectivity index (χ4n) is 5.69. The van der Waals surface area contributed by atoms with Crippen molar-refractivity contribution < 1.29 is 28.7 Å². The van der Waals surface area contributed by atoms with Crippen molar-refractivity contribution in [2.75, 3.05) is 22.5 Å². The summed E-state index contributed by atoms with van der Waals surface area (Å²) in [5.41, 5.74) is 24.1. The fraction of sp³-hybridized carbons (Fsp3) is 0.174. The summed E-state index contributed by atoms with van der Waals surface area (Å²) in [5.74, 6) is 0.842. The summed E-state index contributed by atoms with van der Waals surface area (Å²) in [7, 11) is 0. The molecule has 9 N–H and O–H groups in total. The van der Waals surface area contributed by atoms with Crippen LogP contribution in [0.25, 0.3) is 22.3 Å². The molecule has 0 spiro atoms. The van der Waals surface area contributed by atoms with E-state index in [1.165, 1.54) is 0 Å². The van der Waals surface area contributed by atoms with E-state index in [1.54, 1.807) is 79.1 Å². The summed E-state index contributed by atoms with van der Waals surface area (Å²) in [4.78, 5) is 55.1. The summed E-state index contributed by atoms with van der Waals surface area (Å²) < 4.78 is 9.78. The van der Waals surface area contributed by atoms with E-state index < -0.39 is 11.5 Å². The second-order valence-corrected chi connectivity index (χ2v) is 14.5. The van der Waals surface area contributed by atoms with Gasteiger partial charge in [0, 0.05) is 58.6 Å². The van der Waals surface area contributed by atoms with E-state index in [2.05, 4.69) is 30.7 Å². The first-order chi connectivity index (χ1) is 29.0. The molecule has 0 aliphatic rings. The van der Waals surface area contributed by atoms with Gasteiger partial charge in [-0.3, -0.25) is 14.9 Å². The molecule has 0 fully saturated rings. The van der Waals surface area contributed by atoms with Crippen LogP contribution < -0.4 is 42.6 Å². The topological polar surface area (TPSA) is 227 Å². The third-order valence-corrected chi connectivity index (χ3v) is 8.48. The Morgan fingerprint density at radius 3 is 1.46 bits per heavy atom. The largest absolute Gasteiger partial charge is 0.417 e. The molecule has 15 heteroatoms. The minimum absolute atomic E-state index is 0.0108. The minimum atomic E-state index is -0.814. The van der Waals surface area contributed by atoms with Gasteiger partial charge in [0.05, 0.1) is 11.1 Å². The molecule has 0 aliphatic heterocycles. The standard InChI is InChI=1S/C23H24N4O3.C16H20N4O.C7H5ClO2/c1-14(2)26-22(28)20-12-16(13-25-21(20)24)19-10-9-17(11-15(19)3)27-23(29)30-18-7-5-4-6-8-18;1-9(2)20-16(21)14-7-11(8-19-15(14)18)13-5-4-12(17)6-10(13)3;8-7(9)10-6-4-2-1-3-5-6/h4-14H,1-3H3,(H2,24,25)(H,26,28)(H,27,29);4-9H,17H2,1-3H3,(H2,18,19)(H,20,21);1-5H. The third-order valence-electron chi connectivity index (χ3n) is 8.41. The van der Waals surface area contributed by atoms with Crippen LogP contribution in [0.2, 0.25) is 0 Å². The molecule has 4 aromatic carbocycles. The monoisotopic (exact) mass is 844 g/mol. The van der Waals surface area contributed by atoms with E-state index in [1.807, 2.05) is 84.0 Å². The van der Waals surface area contributed by atoms with Gasteiger partial charge in [0.2, 0.25) is 0 Å². The number of para-hydroxylation sites is 2. The van der Waals surface area contributed by atoms with Gasteiger partial charge in [0.1, 0.15) is 23.1 Å². The maximum Gasteiger partial charge on any atom is 0.417 e. The lowest BCUT2D eigenvalue weighted by atomic mass is 9.99. The molecule has 0 bridgehead atoms. The maximum absolute atomic E-state index is 12.4. The highest BCUT2D eigenvalue weighted by Crippen LogP contribution is 2.29. The van der Waals surface area contributed by atoms with Gasteiger partial charge in [-0.15, -0.1) is 0 Å². The number of nitrogens with zero attached hydrogens (tertiary/aromatic N) is 2. The highest BCUT2D eigenvalue weighted by molar-refractivity contribution is 6.61. The molecule has 2 aromatic heterocycles. The van der Waals surface area contributed by atoms with Gasteiger partial charge in [0.15, 0.2) is 0 Å². The normalized spacial score (nSPS) is 10.3. The first kappa shape index (κ1) is 46.2. The number of carbonyl (C=O) groups excluding carboxylic acids is 4. The number of nitrogen functional groups attached to an aromatic ring is 3. The van der Waals surface area contributed by atoms with Crippen molar-refractivity contribution >= 4 is 57.9 Å². The number of anilines is 4. The lowest BCUT2D eigenvalue weighted by Gasteiger charge is -2.13. The molecule has 0 radical (unpaired) electrons. The van der Waals surface area contributed by atoms with Crippen LogP contribution in [0.5, 0.6) is 11.5 Å². The second-order valence-electron chi connectivity index (χ2n) is 14.2. The Kier molecular flexibility index (Phi) is 16.7. The molecule has 6 rings (SSSR count). The van der Waals surface area contributed by atoms with Crippen LogP contribution in [0.1, 0.15) is 59.5 Å². The molecule has 0 aliphatic carbocycles. The summed E-state index contributed by atoms with van der Waals surface area (Å²) in [6.07, 6.45) is 2.72. The van der Waals surface area contributed by atoms with Crippen LogP contribution >= 0.6 is 11.6 Å². The average molecular weight is 845 g/mol. The number of hydrogen-bond acceptors (Lipinski definition) is 11. The Hall–Kier alpha value is -7.45. The predicted octanol–water partition coefficient (Wildman–Crippen LogP) is 9.17. The minimum Gasteiger partial charge on any atom is -0.415 e. The third kappa shape index (κ3) is 14.4. The number of aromatic nitrogens is 2. The lowest BCUT2D eigenvalue weighted by Crippen LogP contribution is -2.30. The first-order valence-electron chi connectivity index (χ1n) is 19.1. The SMILES string of the molecule is Cc1cc(N)ccc1-c1cnc(N)c(C(=O)NC(C)C)c1.Cc1cc(NC(=O)Oc2ccccc2)ccc1-c1cnc(N)c(C(=O)NC(C)C)c1.O=C(Cl)Oc1ccccc1. The van der Waals surface area contributed by atoms with Crippen molar-refractivity contribution in [3.8, 4) is 33.8 Å². The van der Waals surface area contributed by atoms with Crippen LogP contribution in [0, 0.1) is 13.8 Å². The highest BCUT2D eigenvalue weighted by Gasteiger charge is 2.16. The molecule has 6 aromatic rings. The van der Waals surface area contributed by atoms with E-state index in [-0.39, 0.29) is 35.5 Å². The Bertz CT molecular complexity index is 2470. The lowest BCUT2D eigenvalue weighted by molar-refractivity contribution is 0.0935. The molecule has 2 heterocycles. The van der Waals surface area contributed by atoms with E-state index >= 15 is 0 Å². The zero-order valence-corrected chi connectivity index (χ0v) is 35.4. The number of rotatable bonds is 9.